The van der Waals surface area contributed by atoms with Crippen molar-refractivity contribution in [1.82, 2.24) is 0 Å². The molecule has 2 aromatic carbocycles. The zero-order chi connectivity index (χ0) is 19.1. The first-order valence-corrected chi connectivity index (χ1v) is 8.97. The number of hydrogen-bond acceptors (Lipinski definition) is 3. The van der Waals surface area contributed by atoms with Crippen LogP contribution < -0.4 is 32.2 Å². The molecule has 1 heterocycles. The number of nitrogens with one attached hydrogen (secondary N) is 2. The number of para-hydroxylation sites is 1. The van der Waals surface area contributed by atoms with Gasteiger partial charge < -0.3 is 21.9 Å². The number of carbonyl (C=O) groups is 1. The lowest BCUT2D eigenvalue weighted by Crippen LogP contribution is -3.00. The quantitative estimate of drug-likeness (QED) is 0.693. The molecule has 0 fully saturated rings. The first kappa shape index (κ1) is 21.3. The fraction of sp³-hybridized carbons (Fsp3) is 0.182. The van der Waals surface area contributed by atoms with E-state index in [-0.39, 0.29) is 12.4 Å². The number of aromatic nitrogens is 1. The fourth-order valence-corrected chi connectivity index (χ4v) is 2.63. The van der Waals surface area contributed by atoms with Crippen LogP contribution in [0.2, 0.25) is 0 Å². The highest BCUT2D eigenvalue weighted by atomic mass is 35.5. The van der Waals surface area contributed by atoms with Crippen molar-refractivity contribution >= 4 is 11.8 Å². The number of ether oxygens (including phenoxy) is 2. The lowest BCUT2D eigenvalue weighted by atomic mass is 9.98. The number of pyridine rings is 1. The Morgan fingerprint density at radius 2 is 1.79 bits per heavy atom. The lowest BCUT2D eigenvalue weighted by Gasteiger charge is -2.15. The van der Waals surface area contributed by atoms with E-state index in [1.54, 1.807) is 30.5 Å². The third-order valence-corrected chi connectivity index (χ3v) is 4.28. The summed E-state index contributed by atoms with van der Waals surface area (Å²) in [6, 6.07) is 18.4. The van der Waals surface area contributed by atoms with Gasteiger partial charge in [0.2, 0.25) is 6.20 Å². The Balaban J connectivity index is 0.00000280. The second kappa shape index (κ2) is 10.3. The molecule has 0 radical (unpaired) electrons. The number of H-pyrrole nitrogens is 1. The van der Waals surface area contributed by atoms with Crippen molar-refractivity contribution in [3.05, 3.63) is 78.6 Å². The summed E-state index contributed by atoms with van der Waals surface area (Å²) in [5.74, 6) is 2.29. The molecule has 0 spiro atoms. The molecule has 0 saturated heterocycles. The number of halogens is 1. The van der Waals surface area contributed by atoms with E-state index in [2.05, 4.69) is 24.1 Å². The van der Waals surface area contributed by atoms with Crippen LogP contribution in [0.3, 0.4) is 0 Å². The third kappa shape index (κ3) is 5.72. The minimum Gasteiger partial charge on any atom is -1.00 e. The van der Waals surface area contributed by atoms with Crippen LogP contribution in [0.1, 0.15) is 31.7 Å². The van der Waals surface area contributed by atoms with Crippen LogP contribution in [0.25, 0.3) is 0 Å². The van der Waals surface area contributed by atoms with Crippen molar-refractivity contribution < 1.29 is 31.7 Å². The Bertz CT molecular complexity index is 886. The number of carbonyl (C=O) groups excluding carboxylic acids is 1. The SMILES string of the molecule is CCC(C)c1ccccc1OC(=O)Nc1ccc(Oc2ccc[nH+]c2)cc1.[Cl-]. The van der Waals surface area contributed by atoms with Gasteiger partial charge >= 0.3 is 6.09 Å². The van der Waals surface area contributed by atoms with Crippen LogP contribution in [0.15, 0.2) is 73.1 Å². The Labute approximate surface area is 171 Å². The van der Waals surface area contributed by atoms with E-state index < -0.39 is 6.09 Å². The van der Waals surface area contributed by atoms with Gasteiger partial charge in [-0.15, -0.1) is 0 Å². The number of hydrogen-bond donors (Lipinski definition) is 1. The molecule has 1 amide bonds. The highest BCUT2D eigenvalue weighted by molar-refractivity contribution is 5.86. The molecule has 0 aliphatic heterocycles. The van der Waals surface area contributed by atoms with Crippen LogP contribution in [0.4, 0.5) is 10.5 Å². The first-order chi connectivity index (χ1) is 13.2. The van der Waals surface area contributed by atoms with Gasteiger partial charge in [0.25, 0.3) is 0 Å². The second-order valence-corrected chi connectivity index (χ2v) is 6.23. The van der Waals surface area contributed by atoms with Crippen LogP contribution in [-0.4, -0.2) is 6.09 Å². The van der Waals surface area contributed by atoms with Crippen LogP contribution in [-0.2, 0) is 0 Å². The average Bonchev–Trinajstić information content (AvgIpc) is 2.70. The van der Waals surface area contributed by atoms with E-state index in [9.17, 15) is 4.79 Å². The Kier molecular flexibility index (Phi) is 7.84. The predicted molar refractivity (Wildman–Crippen MR) is 104 cm³/mol. The van der Waals surface area contributed by atoms with Crippen molar-refractivity contribution in [3.8, 4) is 17.2 Å². The number of amides is 1. The molecule has 28 heavy (non-hydrogen) atoms. The molecule has 146 valence electrons. The van der Waals surface area contributed by atoms with Gasteiger partial charge in [-0.25, -0.2) is 9.78 Å². The lowest BCUT2D eigenvalue weighted by molar-refractivity contribution is -0.378. The molecular weight excluding hydrogens is 376 g/mol. The molecule has 1 aromatic heterocycles. The van der Waals surface area contributed by atoms with E-state index in [0.717, 1.165) is 12.0 Å². The summed E-state index contributed by atoms with van der Waals surface area (Å²) < 4.78 is 11.2. The number of anilines is 1. The minimum atomic E-state index is -0.517. The summed E-state index contributed by atoms with van der Waals surface area (Å²) in [6.45, 7) is 4.22. The van der Waals surface area contributed by atoms with Gasteiger partial charge in [0, 0.05) is 11.8 Å². The summed E-state index contributed by atoms with van der Waals surface area (Å²) in [5.41, 5.74) is 1.66. The molecule has 5 nitrogen and oxygen atoms in total. The molecular formula is C22H23ClN2O3. The van der Waals surface area contributed by atoms with E-state index in [0.29, 0.717) is 28.9 Å². The van der Waals surface area contributed by atoms with Crippen molar-refractivity contribution in [1.29, 1.82) is 0 Å². The maximum absolute atomic E-state index is 12.3. The Morgan fingerprint density at radius 3 is 2.46 bits per heavy atom. The average molecular weight is 399 g/mol. The van der Waals surface area contributed by atoms with Gasteiger partial charge in [-0.05, 0) is 54.3 Å². The normalized spacial score (nSPS) is 11.1. The van der Waals surface area contributed by atoms with Gasteiger partial charge in [-0.3, -0.25) is 5.32 Å². The maximum Gasteiger partial charge on any atom is 0.417 e. The minimum absolute atomic E-state index is 0. The van der Waals surface area contributed by atoms with E-state index in [1.165, 1.54) is 0 Å². The number of aromatic amines is 1. The van der Waals surface area contributed by atoms with Crippen molar-refractivity contribution in [2.24, 2.45) is 0 Å². The zero-order valence-electron chi connectivity index (χ0n) is 15.8. The largest absolute Gasteiger partial charge is 1.00 e. The van der Waals surface area contributed by atoms with Gasteiger partial charge in [0.15, 0.2) is 11.9 Å². The van der Waals surface area contributed by atoms with Gasteiger partial charge in [0.1, 0.15) is 11.5 Å². The number of rotatable bonds is 6. The van der Waals surface area contributed by atoms with Crippen LogP contribution in [0, 0.1) is 0 Å². The fourth-order valence-electron chi connectivity index (χ4n) is 2.63. The molecule has 0 aliphatic carbocycles. The van der Waals surface area contributed by atoms with E-state index in [1.807, 2.05) is 42.6 Å². The summed E-state index contributed by atoms with van der Waals surface area (Å²) in [4.78, 5) is 15.2. The number of benzene rings is 2. The van der Waals surface area contributed by atoms with Crippen LogP contribution >= 0.6 is 0 Å². The molecule has 1 atom stereocenters. The highest BCUT2D eigenvalue weighted by Crippen LogP contribution is 2.29. The van der Waals surface area contributed by atoms with Crippen molar-refractivity contribution in [2.75, 3.05) is 5.32 Å². The molecule has 0 aliphatic rings. The van der Waals surface area contributed by atoms with E-state index >= 15 is 0 Å². The Hall–Kier alpha value is -3.05. The maximum atomic E-state index is 12.3. The Morgan fingerprint density at radius 1 is 1.04 bits per heavy atom. The van der Waals surface area contributed by atoms with Gasteiger partial charge in [-0.2, -0.15) is 0 Å². The molecule has 1 unspecified atom stereocenters. The molecule has 3 aromatic rings. The predicted octanol–water partition coefficient (Wildman–Crippen LogP) is 2.42. The monoisotopic (exact) mass is 398 g/mol. The standard InChI is InChI=1S/C22H22N2O3.ClH/c1-3-16(2)20-8-4-5-9-21(20)27-22(25)24-17-10-12-18(13-11-17)26-19-7-6-14-23-15-19;/h4-16H,3H2,1-2H3,(H,24,25);1H. The van der Waals surface area contributed by atoms with Gasteiger partial charge in [0.05, 0.1) is 0 Å². The molecule has 0 saturated carbocycles. The molecule has 6 heteroatoms. The summed E-state index contributed by atoms with van der Waals surface area (Å²) >= 11 is 0. The summed E-state index contributed by atoms with van der Waals surface area (Å²) in [7, 11) is 0. The van der Waals surface area contributed by atoms with Crippen LogP contribution in [0.5, 0.6) is 17.2 Å². The third-order valence-electron chi connectivity index (χ3n) is 4.28. The highest BCUT2D eigenvalue weighted by Gasteiger charge is 2.13. The van der Waals surface area contributed by atoms with Crippen molar-refractivity contribution in [2.45, 2.75) is 26.2 Å². The van der Waals surface area contributed by atoms with Crippen molar-refractivity contribution in [3.63, 3.8) is 0 Å². The molecule has 3 rings (SSSR count). The molecule has 0 bridgehead atoms. The summed E-state index contributed by atoms with van der Waals surface area (Å²) in [6.07, 6.45) is 4.03. The van der Waals surface area contributed by atoms with E-state index in [4.69, 9.17) is 9.47 Å². The smallest absolute Gasteiger partial charge is 0.417 e. The summed E-state index contributed by atoms with van der Waals surface area (Å²) in [5, 5.41) is 2.74. The topological polar surface area (TPSA) is 61.7 Å². The second-order valence-electron chi connectivity index (χ2n) is 6.23. The first-order valence-electron chi connectivity index (χ1n) is 8.97. The van der Waals surface area contributed by atoms with Gasteiger partial charge in [-0.1, -0.05) is 32.0 Å². The molecule has 2 N–H and O–H groups in total. The zero-order valence-corrected chi connectivity index (χ0v) is 16.6.